The molecule has 3 heteroatoms. The van der Waals surface area contributed by atoms with E-state index in [1.54, 1.807) is 0 Å². The Morgan fingerprint density at radius 1 is 1.16 bits per heavy atom. The summed E-state index contributed by atoms with van der Waals surface area (Å²) in [6.07, 6.45) is 0.863. The predicted octanol–water partition coefficient (Wildman–Crippen LogP) is 3.81. The molecular formula is C16H19BrN2. The molecule has 19 heavy (non-hydrogen) atoms. The van der Waals surface area contributed by atoms with Crippen LogP contribution < -0.4 is 11.3 Å². The molecule has 0 amide bonds. The van der Waals surface area contributed by atoms with E-state index in [1.165, 1.54) is 22.3 Å². The molecule has 0 bridgehead atoms. The van der Waals surface area contributed by atoms with Crippen LogP contribution in [0, 0.1) is 13.8 Å². The molecule has 0 fully saturated rings. The second-order valence-corrected chi connectivity index (χ2v) is 5.73. The largest absolute Gasteiger partial charge is 0.271 e. The third-order valence-corrected chi connectivity index (χ3v) is 4.17. The van der Waals surface area contributed by atoms with Gasteiger partial charge in [-0.3, -0.25) is 11.3 Å². The summed E-state index contributed by atoms with van der Waals surface area (Å²) in [4.78, 5) is 0. The second kappa shape index (κ2) is 6.33. The van der Waals surface area contributed by atoms with Crippen molar-refractivity contribution >= 4 is 15.9 Å². The van der Waals surface area contributed by atoms with Gasteiger partial charge in [-0.25, -0.2) is 0 Å². The number of hydrogen-bond donors (Lipinski definition) is 2. The second-order valence-electron chi connectivity index (χ2n) is 4.87. The molecule has 2 aromatic rings. The Hall–Kier alpha value is -1.16. The van der Waals surface area contributed by atoms with E-state index in [2.05, 4.69) is 71.6 Å². The number of hydrogen-bond acceptors (Lipinski definition) is 2. The maximum absolute atomic E-state index is 5.76. The molecule has 0 aliphatic heterocycles. The minimum atomic E-state index is 0.124. The van der Waals surface area contributed by atoms with Crippen molar-refractivity contribution in [2.24, 2.45) is 5.84 Å². The number of rotatable bonds is 4. The standard InChI is InChI=1S/C16H19BrN2/c1-11-7-8-12(2)14(9-11)16(19-18)10-13-5-3-4-6-15(13)17/h3-9,16,19H,10,18H2,1-2H3. The highest BCUT2D eigenvalue weighted by atomic mass is 79.9. The summed E-state index contributed by atoms with van der Waals surface area (Å²) in [7, 11) is 0. The van der Waals surface area contributed by atoms with E-state index in [1.807, 2.05) is 6.07 Å². The topological polar surface area (TPSA) is 38.0 Å². The lowest BCUT2D eigenvalue weighted by Crippen LogP contribution is -2.30. The van der Waals surface area contributed by atoms with Gasteiger partial charge in [0.25, 0.3) is 0 Å². The van der Waals surface area contributed by atoms with E-state index in [0.29, 0.717) is 0 Å². The van der Waals surface area contributed by atoms with Crippen molar-refractivity contribution in [3.63, 3.8) is 0 Å². The molecule has 3 N–H and O–H groups in total. The average molecular weight is 319 g/mol. The fourth-order valence-corrected chi connectivity index (χ4v) is 2.72. The molecule has 2 nitrogen and oxygen atoms in total. The van der Waals surface area contributed by atoms with Crippen molar-refractivity contribution in [3.05, 3.63) is 69.2 Å². The van der Waals surface area contributed by atoms with Crippen LogP contribution in [-0.2, 0) is 6.42 Å². The van der Waals surface area contributed by atoms with Crippen LogP contribution in [0.5, 0.6) is 0 Å². The molecular weight excluding hydrogens is 300 g/mol. The molecule has 0 radical (unpaired) electrons. The highest BCUT2D eigenvalue weighted by Gasteiger charge is 2.14. The van der Waals surface area contributed by atoms with E-state index in [9.17, 15) is 0 Å². The van der Waals surface area contributed by atoms with Gasteiger partial charge in [-0.15, -0.1) is 0 Å². The Kier molecular flexibility index (Phi) is 4.75. The average Bonchev–Trinajstić information content (AvgIpc) is 2.41. The molecule has 0 saturated heterocycles. The van der Waals surface area contributed by atoms with Crippen LogP contribution in [-0.4, -0.2) is 0 Å². The van der Waals surface area contributed by atoms with Gasteiger partial charge in [0.15, 0.2) is 0 Å². The molecule has 0 aromatic heterocycles. The van der Waals surface area contributed by atoms with Crippen molar-refractivity contribution in [1.29, 1.82) is 0 Å². The minimum absolute atomic E-state index is 0.124. The van der Waals surface area contributed by atoms with Crippen LogP contribution in [0.15, 0.2) is 46.9 Å². The lowest BCUT2D eigenvalue weighted by molar-refractivity contribution is 0.548. The highest BCUT2D eigenvalue weighted by Crippen LogP contribution is 2.25. The third kappa shape index (κ3) is 3.44. The Morgan fingerprint density at radius 3 is 2.58 bits per heavy atom. The molecule has 0 spiro atoms. The zero-order valence-corrected chi connectivity index (χ0v) is 12.9. The van der Waals surface area contributed by atoms with Gasteiger partial charge < -0.3 is 0 Å². The Labute approximate surface area is 123 Å². The van der Waals surface area contributed by atoms with Crippen LogP contribution >= 0.6 is 15.9 Å². The van der Waals surface area contributed by atoms with Crippen molar-refractivity contribution in [2.45, 2.75) is 26.3 Å². The van der Waals surface area contributed by atoms with Crippen molar-refractivity contribution in [1.82, 2.24) is 5.43 Å². The van der Waals surface area contributed by atoms with E-state index in [4.69, 9.17) is 5.84 Å². The summed E-state index contributed by atoms with van der Waals surface area (Å²) >= 11 is 3.59. The van der Waals surface area contributed by atoms with Crippen molar-refractivity contribution in [2.75, 3.05) is 0 Å². The molecule has 0 aliphatic carbocycles. The van der Waals surface area contributed by atoms with Crippen LogP contribution in [0.25, 0.3) is 0 Å². The van der Waals surface area contributed by atoms with E-state index >= 15 is 0 Å². The fraction of sp³-hybridized carbons (Fsp3) is 0.250. The Balaban J connectivity index is 2.30. The summed E-state index contributed by atoms with van der Waals surface area (Å²) in [6.45, 7) is 4.23. The quantitative estimate of drug-likeness (QED) is 0.664. The van der Waals surface area contributed by atoms with Crippen LogP contribution in [0.2, 0.25) is 0 Å². The van der Waals surface area contributed by atoms with Gasteiger partial charge in [-0.2, -0.15) is 0 Å². The number of halogens is 1. The molecule has 0 aliphatic rings. The highest BCUT2D eigenvalue weighted by molar-refractivity contribution is 9.10. The smallest absolute Gasteiger partial charge is 0.0503 e. The number of nitrogens with two attached hydrogens (primary N) is 1. The summed E-state index contributed by atoms with van der Waals surface area (Å²) in [5.41, 5.74) is 7.98. The zero-order chi connectivity index (χ0) is 13.8. The summed E-state index contributed by atoms with van der Waals surface area (Å²) in [6, 6.07) is 14.9. The zero-order valence-electron chi connectivity index (χ0n) is 11.3. The van der Waals surface area contributed by atoms with Crippen LogP contribution in [0.3, 0.4) is 0 Å². The number of hydrazine groups is 1. The van der Waals surface area contributed by atoms with Crippen LogP contribution in [0.4, 0.5) is 0 Å². The van der Waals surface area contributed by atoms with E-state index < -0.39 is 0 Å². The van der Waals surface area contributed by atoms with Gasteiger partial charge in [0.05, 0.1) is 6.04 Å². The molecule has 0 saturated carbocycles. The number of nitrogens with one attached hydrogen (secondary N) is 1. The first-order valence-electron chi connectivity index (χ1n) is 6.38. The monoisotopic (exact) mass is 318 g/mol. The Bertz CT molecular complexity index is 566. The SMILES string of the molecule is Cc1ccc(C)c(C(Cc2ccccc2Br)NN)c1. The normalized spacial score (nSPS) is 12.4. The van der Waals surface area contributed by atoms with Gasteiger partial charge in [0, 0.05) is 4.47 Å². The molecule has 2 rings (SSSR count). The number of benzene rings is 2. The molecule has 1 atom stereocenters. The van der Waals surface area contributed by atoms with Crippen molar-refractivity contribution < 1.29 is 0 Å². The fourth-order valence-electron chi connectivity index (χ4n) is 2.28. The summed E-state index contributed by atoms with van der Waals surface area (Å²) in [5, 5.41) is 0. The van der Waals surface area contributed by atoms with Gasteiger partial charge in [-0.05, 0) is 43.0 Å². The van der Waals surface area contributed by atoms with Gasteiger partial charge >= 0.3 is 0 Å². The van der Waals surface area contributed by atoms with Crippen molar-refractivity contribution in [3.8, 4) is 0 Å². The first-order chi connectivity index (χ1) is 9.11. The third-order valence-electron chi connectivity index (χ3n) is 3.39. The molecule has 0 heterocycles. The summed E-state index contributed by atoms with van der Waals surface area (Å²) in [5.74, 6) is 5.76. The summed E-state index contributed by atoms with van der Waals surface area (Å²) < 4.78 is 1.13. The first kappa shape index (κ1) is 14.3. The molecule has 100 valence electrons. The van der Waals surface area contributed by atoms with Gasteiger partial charge in [0.1, 0.15) is 0 Å². The molecule has 2 aromatic carbocycles. The van der Waals surface area contributed by atoms with Gasteiger partial charge in [-0.1, -0.05) is 57.9 Å². The number of aryl methyl sites for hydroxylation is 2. The maximum Gasteiger partial charge on any atom is 0.0503 e. The maximum atomic E-state index is 5.76. The van der Waals surface area contributed by atoms with E-state index in [0.717, 1.165) is 10.9 Å². The Morgan fingerprint density at radius 2 is 1.89 bits per heavy atom. The van der Waals surface area contributed by atoms with Crippen LogP contribution in [0.1, 0.15) is 28.3 Å². The lowest BCUT2D eigenvalue weighted by Gasteiger charge is -2.20. The lowest BCUT2D eigenvalue weighted by atomic mass is 9.94. The molecule has 1 unspecified atom stereocenters. The predicted molar refractivity (Wildman–Crippen MR) is 83.8 cm³/mol. The van der Waals surface area contributed by atoms with Gasteiger partial charge in [0.2, 0.25) is 0 Å². The first-order valence-corrected chi connectivity index (χ1v) is 7.18. The van der Waals surface area contributed by atoms with E-state index in [-0.39, 0.29) is 6.04 Å². The minimum Gasteiger partial charge on any atom is -0.271 e.